The van der Waals surface area contributed by atoms with Crippen molar-refractivity contribution in [3.05, 3.63) is 11.6 Å². The van der Waals surface area contributed by atoms with Crippen molar-refractivity contribution in [3.63, 3.8) is 0 Å². The molecule has 16 nitrogen and oxygen atoms in total. The molecule has 0 aromatic carbocycles. The van der Waals surface area contributed by atoms with Crippen LogP contribution in [-0.4, -0.2) is 175 Å². The van der Waals surface area contributed by atoms with Gasteiger partial charge in [0.05, 0.1) is 31.0 Å². The highest BCUT2D eigenvalue weighted by Crippen LogP contribution is 2.29. The van der Waals surface area contributed by atoms with Crippen molar-refractivity contribution in [2.24, 2.45) is 5.73 Å². The minimum atomic E-state index is -3.37. The van der Waals surface area contributed by atoms with E-state index in [1.54, 1.807) is 14.0 Å². The predicted octanol–water partition coefficient (Wildman–Crippen LogP) is -3.03. The third-order valence-corrected chi connectivity index (χ3v) is 11.6. The van der Waals surface area contributed by atoms with Gasteiger partial charge in [0.25, 0.3) is 0 Å². The highest BCUT2D eigenvalue weighted by atomic mass is 32.2. The van der Waals surface area contributed by atoms with Crippen molar-refractivity contribution in [3.8, 4) is 0 Å². The number of allylic oxidation sites excluding steroid dienone is 1. The summed E-state index contributed by atoms with van der Waals surface area (Å²) in [6, 6.07) is -0.547. The zero-order chi connectivity index (χ0) is 33.8. The highest BCUT2D eigenvalue weighted by molar-refractivity contribution is 7.88. The predicted molar refractivity (Wildman–Crippen MR) is 161 cm³/mol. The van der Waals surface area contributed by atoms with E-state index in [-0.39, 0.29) is 32.3 Å². The van der Waals surface area contributed by atoms with Crippen LogP contribution in [0.3, 0.4) is 0 Å². The first-order valence-electron chi connectivity index (χ1n) is 13.4. The fourth-order valence-corrected chi connectivity index (χ4v) is 7.40. The number of hydrogen-bond acceptors (Lipinski definition) is 13. The average molecular weight is 683 g/mol. The maximum atomic E-state index is 11.3. The summed E-state index contributed by atoms with van der Waals surface area (Å²) in [5, 5.41) is 29.7. The Morgan fingerprint density at radius 2 is 1.19 bits per heavy atom. The van der Waals surface area contributed by atoms with E-state index in [2.05, 4.69) is 0 Å². The van der Waals surface area contributed by atoms with Gasteiger partial charge in [-0.3, -0.25) is 0 Å². The van der Waals surface area contributed by atoms with Crippen LogP contribution in [0.2, 0.25) is 0 Å². The Morgan fingerprint density at radius 1 is 0.791 bits per heavy atom. The molecule has 0 bridgehead atoms. The normalized spacial score (nSPS) is 33.5. The Morgan fingerprint density at radius 3 is 1.42 bits per heavy atom. The number of methoxy groups -OCH3 is 3. The smallest absolute Gasteiger partial charge is 0.211 e. The molecule has 3 fully saturated rings. The van der Waals surface area contributed by atoms with Crippen LogP contribution in [0.5, 0.6) is 0 Å². The summed E-state index contributed by atoms with van der Waals surface area (Å²) in [7, 11) is -5.35. The molecular formula is C24H50N4O12S3. The number of β-amino-alcohol motifs (C(OH)–C–C–N with tert-alkyl or cyclic N) is 2. The van der Waals surface area contributed by atoms with Crippen molar-refractivity contribution >= 4 is 30.1 Å². The summed E-state index contributed by atoms with van der Waals surface area (Å²) in [4.78, 5) is 0. The summed E-state index contributed by atoms with van der Waals surface area (Å²) >= 11 is 0. The van der Waals surface area contributed by atoms with Gasteiger partial charge in [-0.15, -0.1) is 0 Å². The minimum absolute atomic E-state index is 0.0119. The van der Waals surface area contributed by atoms with E-state index in [1.807, 2.05) is 13.0 Å². The molecule has 3 aliphatic heterocycles. The summed E-state index contributed by atoms with van der Waals surface area (Å²) in [6.07, 6.45) is 2.91. The molecule has 0 radical (unpaired) electrons. The number of ether oxygens (including phenoxy) is 3. The molecule has 5 N–H and O–H groups in total. The van der Waals surface area contributed by atoms with Gasteiger partial charge < -0.3 is 35.3 Å². The number of sulfonamides is 3. The molecule has 3 rings (SSSR count). The van der Waals surface area contributed by atoms with Crippen LogP contribution in [0.15, 0.2) is 11.6 Å². The zero-order valence-corrected chi connectivity index (χ0v) is 28.8. The Balaban J connectivity index is 0.000000324. The molecule has 0 saturated carbocycles. The second-order valence-corrected chi connectivity index (χ2v) is 17.1. The summed E-state index contributed by atoms with van der Waals surface area (Å²) in [6.45, 7) is 5.92. The lowest BCUT2D eigenvalue weighted by Crippen LogP contribution is -2.55. The number of hydrogen-bond donors (Lipinski definition) is 4. The summed E-state index contributed by atoms with van der Waals surface area (Å²) in [5.74, 6) is 0. The monoisotopic (exact) mass is 682 g/mol. The van der Waals surface area contributed by atoms with Gasteiger partial charge in [0.15, 0.2) is 0 Å². The molecule has 0 aliphatic carbocycles. The molecule has 43 heavy (non-hydrogen) atoms. The molecule has 3 heterocycles. The van der Waals surface area contributed by atoms with Crippen LogP contribution in [-0.2, 0) is 44.3 Å². The first-order valence-corrected chi connectivity index (χ1v) is 18.9. The molecule has 3 saturated heterocycles. The SMILES string of the molecule is C/C=C1\CN(S(C)(=O)=O)C[C@@H]1OC.CO[C@H]1CN(S(C)(=O)=O)C[C@@]1(O)[C@H](C)N.CO[C@H]1CN(S(C)(=O)=O)C[C@@]1(O)[C@H](C)O. The molecule has 0 aromatic heterocycles. The standard InChI is InChI=1S/C8H18N2O4S.C8H17NO5S.C8H15NO3S/c1-6(9)8(11)5-10(15(3,12)13)4-7(8)14-2;1-6(10)8(11)5-9(15(3,12)13)4-7(8)14-2;1-4-7-5-9(13(3,10)11)6-8(7)12-2/h6-7,11H,4-5,9H2,1-3H3;6-7,10-11H,4-5H2,1-3H3;4,8H,5-6H2,1-3H3/b;;7-4+/t2*6-,7-,8+;8-/m000/s1. The van der Waals surface area contributed by atoms with Gasteiger partial charge in [0, 0.05) is 66.6 Å². The minimum Gasteiger partial charge on any atom is -0.390 e. The van der Waals surface area contributed by atoms with Crippen LogP contribution >= 0.6 is 0 Å². The molecule has 0 amide bonds. The molecule has 0 unspecified atom stereocenters. The Kier molecular flexibility index (Phi) is 14.2. The first-order chi connectivity index (χ1) is 19.4. The number of aliphatic hydroxyl groups is 3. The van der Waals surface area contributed by atoms with Gasteiger partial charge in [0.2, 0.25) is 30.1 Å². The molecule has 0 aromatic rings. The lowest BCUT2D eigenvalue weighted by atomic mass is 9.93. The number of aliphatic hydroxyl groups excluding tert-OH is 1. The second kappa shape index (κ2) is 15.2. The number of rotatable bonds is 8. The quantitative estimate of drug-likeness (QED) is 0.187. The van der Waals surface area contributed by atoms with E-state index in [9.17, 15) is 40.6 Å². The van der Waals surface area contributed by atoms with Crippen molar-refractivity contribution < 1.29 is 54.8 Å². The average Bonchev–Trinajstić information content (AvgIpc) is 3.57. The van der Waals surface area contributed by atoms with Gasteiger partial charge in [-0.1, -0.05) is 6.08 Å². The maximum Gasteiger partial charge on any atom is 0.211 e. The van der Waals surface area contributed by atoms with E-state index in [4.69, 9.17) is 19.9 Å². The topological polar surface area (TPSA) is 227 Å². The van der Waals surface area contributed by atoms with Crippen molar-refractivity contribution in [1.82, 2.24) is 12.9 Å². The van der Waals surface area contributed by atoms with Crippen molar-refractivity contribution in [2.45, 2.75) is 62.4 Å². The van der Waals surface area contributed by atoms with Gasteiger partial charge >= 0.3 is 0 Å². The highest BCUT2D eigenvalue weighted by Gasteiger charge is 2.52. The van der Waals surface area contributed by atoms with E-state index < -0.39 is 65.6 Å². The summed E-state index contributed by atoms with van der Waals surface area (Å²) in [5.41, 5.74) is 3.85. The van der Waals surface area contributed by atoms with Crippen molar-refractivity contribution in [2.75, 3.05) is 79.4 Å². The number of nitrogens with two attached hydrogens (primary N) is 1. The summed E-state index contributed by atoms with van der Waals surface area (Å²) < 4.78 is 86.6. The first kappa shape index (κ1) is 40.2. The number of nitrogens with zero attached hydrogens (tertiary/aromatic N) is 3. The second-order valence-electron chi connectivity index (χ2n) is 11.2. The fraction of sp³-hybridized carbons (Fsp3) is 0.917. The Bertz CT molecular complexity index is 1210. The van der Waals surface area contributed by atoms with E-state index in [0.29, 0.717) is 13.1 Å². The van der Waals surface area contributed by atoms with Crippen LogP contribution in [0, 0.1) is 0 Å². The zero-order valence-electron chi connectivity index (χ0n) is 26.4. The fourth-order valence-electron chi connectivity index (χ4n) is 4.91. The van der Waals surface area contributed by atoms with E-state index in [1.165, 1.54) is 36.0 Å². The molecule has 7 atom stereocenters. The molecule has 3 aliphatic rings. The van der Waals surface area contributed by atoms with Gasteiger partial charge in [0.1, 0.15) is 23.4 Å². The largest absolute Gasteiger partial charge is 0.390 e. The van der Waals surface area contributed by atoms with Gasteiger partial charge in [-0.05, 0) is 26.3 Å². The van der Waals surface area contributed by atoms with Crippen LogP contribution in [0.1, 0.15) is 20.8 Å². The van der Waals surface area contributed by atoms with Gasteiger partial charge in [-0.2, -0.15) is 12.9 Å². The van der Waals surface area contributed by atoms with Crippen LogP contribution in [0.4, 0.5) is 0 Å². The molecule has 0 spiro atoms. The Hall–Kier alpha value is -0.810. The van der Waals surface area contributed by atoms with Crippen LogP contribution < -0.4 is 5.73 Å². The van der Waals surface area contributed by atoms with E-state index in [0.717, 1.165) is 22.4 Å². The molecule has 19 heteroatoms. The van der Waals surface area contributed by atoms with Crippen molar-refractivity contribution in [1.29, 1.82) is 0 Å². The third kappa shape index (κ3) is 10.1. The van der Waals surface area contributed by atoms with Crippen LogP contribution in [0.25, 0.3) is 0 Å². The van der Waals surface area contributed by atoms with Gasteiger partial charge in [-0.25, -0.2) is 25.3 Å². The third-order valence-electron chi connectivity index (χ3n) is 8.00. The Labute approximate surface area is 256 Å². The lowest BCUT2D eigenvalue weighted by Gasteiger charge is -2.31. The van der Waals surface area contributed by atoms with E-state index >= 15 is 0 Å². The molecule has 256 valence electrons. The maximum absolute atomic E-state index is 11.3. The molecular weight excluding hydrogens is 632 g/mol. The lowest BCUT2D eigenvalue weighted by molar-refractivity contribution is -0.124.